The molecule has 0 aromatic heterocycles. The molecule has 26 heavy (non-hydrogen) atoms. The fraction of sp³-hybridized carbons (Fsp3) is 0.318. The van der Waals surface area contributed by atoms with Crippen molar-refractivity contribution in [3.05, 3.63) is 64.7 Å². The van der Waals surface area contributed by atoms with E-state index in [9.17, 15) is 10.1 Å². The van der Waals surface area contributed by atoms with E-state index >= 15 is 0 Å². The van der Waals surface area contributed by atoms with Crippen LogP contribution in [0.2, 0.25) is 0 Å². The number of rotatable bonds is 3. The van der Waals surface area contributed by atoms with Crippen molar-refractivity contribution in [1.82, 2.24) is 0 Å². The van der Waals surface area contributed by atoms with E-state index in [0.29, 0.717) is 17.0 Å². The quantitative estimate of drug-likeness (QED) is 0.583. The van der Waals surface area contributed by atoms with Crippen LogP contribution in [-0.2, 0) is 0 Å². The van der Waals surface area contributed by atoms with Crippen LogP contribution < -0.4 is 4.74 Å². The van der Waals surface area contributed by atoms with Crippen LogP contribution >= 0.6 is 0 Å². The maximum atomic E-state index is 12.4. The van der Waals surface area contributed by atoms with Crippen molar-refractivity contribution in [2.24, 2.45) is 5.92 Å². The lowest BCUT2D eigenvalue weighted by Gasteiger charge is -2.26. The van der Waals surface area contributed by atoms with Gasteiger partial charge >= 0.3 is 5.97 Å². The maximum absolute atomic E-state index is 12.4. The van der Waals surface area contributed by atoms with Gasteiger partial charge in [0.2, 0.25) is 0 Å². The number of esters is 1. The van der Waals surface area contributed by atoms with Crippen LogP contribution in [0, 0.1) is 28.6 Å². The summed E-state index contributed by atoms with van der Waals surface area (Å²) in [5, 5.41) is 18.1. The third kappa shape index (κ3) is 3.92. The summed E-state index contributed by atoms with van der Waals surface area (Å²) < 4.78 is 5.35. The standard InChI is InChI=1S/C22H20N2O2/c1-15-2-5-17(6-3-15)18-7-9-19(10-8-18)22(25)26-21-11-4-16(13-23)12-20(21)14-24/h4,7-12,15,17H,2-3,5-6H2,1H3. The van der Waals surface area contributed by atoms with Crippen LogP contribution in [0.15, 0.2) is 42.5 Å². The van der Waals surface area contributed by atoms with Crippen molar-refractivity contribution in [3.8, 4) is 17.9 Å². The van der Waals surface area contributed by atoms with E-state index in [0.717, 1.165) is 5.92 Å². The highest BCUT2D eigenvalue weighted by Gasteiger charge is 2.20. The fourth-order valence-electron chi connectivity index (χ4n) is 3.42. The molecule has 2 aromatic carbocycles. The zero-order valence-electron chi connectivity index (χ0n) is 14.7. The molecule has 1 aliphatic rings. The molecule has 0 unspecified atom stereocenters. The van der Waals surface area contributed by atoms with Crippen LogP contribution in [-0.4, -0.2) is 5.97 Å². The average Bonchev–Trinajstić information content (AvgIpc) is 2.69. The Morgan fingerprint density at radius 2 is 1.69 bits per heavy atom. The van der Waals surface area contributed by atoms with E-state index in [-0.39, 0.29) is 11.3 Å². The Bertz CT molecular complexity index is 880. The highest BCUT2D eigenvalue weighted by Crippen LogP contribution is 2.35. The molecule has 3 rings (SSSR count). The predicted molar refractivity (Wildman–Crippen MR) is 97.6 cm³/mol. The molecule has 0 amide bonds. The lowest BCUT2D eigenvalue weighted by atomic mass is 9.79. The summed E-state index contributed by atoms with van der Waals surface area (Å²) in [6.45, 7) is 2.30. The van der Waals surface area contributed by atoms with E-state index in [4.69, 9.17) is 10.00 Å². The van der Waals surface area contributed by atoms with Gasteiger partial charge in [0.15, 0.2) is 0 Å². The number of ether oxygens (including phenoxy) is 1. The highest BCUT2D eigenvalue weighted by molar-refractivity contribution is 5.91. The molecule has 0 bridgehead atoms. The van der Waals surface area contributed by atoms with Crippen molar-refractivity contribution in [3.63, 3.8) is 0 Å². The summed E-state index contributed by atoms with van der Waals surface area (Å²) in [6.07, 6.45) is 4.90. The first-order valence-corrected chi connectivity index (χ1v) is 8.87. The molecule has 1 aliphatic carbocycles. The molecule has 1 saturated carbocycles. The van der Waals surface area contributed by atoms with Crippen molar-refractivity contribution >= 4 is 5.97 Å². The number of carbonyl (C=O) groups excluding carboxylic acids is 1. The molecule has 4 heteroatoms. The number of hydrogen-bond acceptors (Lipinski definition) is 4. The minimum atomic E-state index is -0.505. The summed E-state index contributed by atoms with van der Waals surface area (Å²) in [7, 11) is 0. The van der Waals surface area contributed by atoms with Gasteiger partial charge in [0.25, 0.3) is 0 Å². The van der Waals surface area contributed by atoms with Crippen molar-refractivity contribution in [2.45, 2.75) is 38.5 Å². The van der Waals surface area contributed by atoms with Gasteiger partial charge in [0.05, 0.1) is 22.8 Å². The summed E-state index contributed by atoms with van der Waals surface area (Å²) >= 11 is 0. The number of nitriles is 2. The Hall–Kier alpha value is -3.11. The second kappa shape index (κ2) is 7.85. The van der Waals surface area contributed by atoms with Crippen LogP contribution in [0.3, 0.4) is 0 Å². The Morgan fingerprint density at radius 3 is 2.31 bits per heavy atom. The molecule has 0 N–H and O–H groups in total. The number of hydrogen-bond donors (Lipinski definition) is 0. The van der Waals surface area contributed by atoms with Crippen LogP contribution in [0.4, 0.5) is 0 Å². The smallest absolute Gasteiger partial charge is 0.343 e. The van der Waals surface area contributed by atoms with Gasteiger partial charge in [0.1, 0.15) is 11.8 Å². The average molecular weight is 344 g/mol. The number of nitrogens with zero attached hydrogens (tertiary/aromatic N) is 2. The molecule has 130 valence electrons. The Balaban J connectivity index is 1.71. The molecular formula is C22H20N2O2. The molecule has 0 saturated heterocycles. The third-order valence-electron chi connectivity index (χ3n) is 5.07. The topological polar surface area (TPSA) is 73.9 Å². The van der Waals surface area contributed by atoms with Gasteiger partial charge in [-0.15, -0.1) is 0 Å². The largest absolute Gasteiger partial charge is 0.422 e. The molecule has 0 heterocycles. The first-order valence-electron chi connectivity index (χ1n) is 8.87. The van der Waals surface area contributed by atoms with Gasteiger partial charge in [0, 0.05) is 0 Å². The van der Waals surface area contributed by atoms with Gasteiger partial charge in [-0.1, -0.05) is 31.9 Å². The first kappa shape index (κ1) is 17.7. The monoisotopic (exact) mass is 344 g/mol. The Labute approximate surface area is 153 Å². The zero-order valence-corrected chi connectivity index (χ0v) is 14.7. The second-order valence-electron chi connectivity index (χ2n) is 6.90. The Kier molecular flexibility index (Phi) is 5.34. The van der Waals surface area contributed by atoms with E-state index in [1.807, 2.05) is 24.3 Å². The van der Waals surface area contributed by atoms with E-state index in [1.165, 1.54) is 49.4 Å². The molecule has 0 atom stereocenters. The first-order chi connectivity index (χ1) is 12.6. The van der Waals surface area contributed by atoms with E-state index in [1.54, 1.807) is 12.1 Å². The summed E-state index contributed by atoms with van der Waals surface area (Å²) in [5.74, 6) is 1.04. The molecule has 2 aromatic rings. The second-order valence-corrected chi connectivity index (χ2v) is 6.90. The minimum absolute atomic E-state index is 0.168. The summed E-state index contributed by atoms with van der Waals surface area (Å²) in [5.41, 5.74) is 2.24. The Morgan fingerprint density at radius 1 is 1.00 bits per heavy atom. The lowest BCUT2D eigenvalue weighted by molar-refractivity contribution is 0.0734. The van der Waals surface area contributed by atoms with Gasteiger partial charge in [-0.05, 0) is 60.6 Å². The number of benzene rings is 2. The summed E-state index contributed by atoms with van der Waals surface area (Å²) in [6, 6.07) is 15.9. The van der Waals surface area contributed by atoms with E-state index in [2.05, 4.69) is 6.92 Å². The van der Waals surface area contributed by atoms with Gasteiger partial charge in [-0.25, -0.2) is 4.79 Å². The molecule has 0 aliphatic heterocycles. The molecular weight excluding hydrogens is 324 g/mol. The highest BCUT2D eigenvalue weighted by atomic mass is 16.5. The number of carbonyl (C=O) groups is 1. The fourth-order valence-corrected chi connectivity index (χ4v) is 3.42. The van der Waals surface area contributed by atoms with Gasteiger partial charge < -0.3 is 4.74 Å². The molecule has 1 fully saturated rings. The minimum Gasteiger partial charge on any atom is -0.422 e. The molecule has 0 spiro atoms. The third-order valence-corrected chi connectivity index (χ3v) is 5.07. The van der Waals surface area contributed by atoms with Gasteiger partial charge in [-0.2, -0.15) is 10.5 Å². The van der Waals surface area contributed by atoms with Crippen molar-refractivity contribution in [2.75, 3.05) is 0 Å². The van der Waals surface area contributed by atoms with E-state index < -0.39 is 5.97 Å². The molecule has 0 radical (unpaired) electrons. The van der Waals surface area contributed by atoms with Gasteiger partial charge in [-0.3, -0.25) is 0 Å². The lowest BCUT2D eigenvalue weighted by Crippen LogP contribution is -2.12. The predicted octanol–water partition coefficient (Wildman–Crippen LogP) is 4.94. The maximum Gasteiger partial charge on any atom is 0.343 e. The zero-order chi connectivity index (χ0) is 18.5. The normalized spacial score (nSPS) is 19.2. The summed E-state index contributed by atoms with van der Waals surface area (Å²) in [4.78, 5) is 12.4. The molecule has 4 nitrogen and oxygen atoms in total. The van der Waals surface area contributed by atoms with Crippen molar-refractivity contribution in [1.29, 1.82) is 10.5 Å². The van der Waals surface area contributed by atoms with Crippen LogP contribution in [0.25, 0.3) is 0 Å². The van der Waals surface area contributed by atoms with Crippen LogP contribution in [0.1, 0.15) is 65.6 Å². The van der Waals surface area contributed by atoms with Crippen molar-refractivity contribution < 1.29 is 9.53 Å². The SMILES string of the molecule is CC1CCC(c2ccc(C(=O)Oc3ccc(C#N)cc3C#N)cc2)CC1. The van der Waals surface area contributed by atoms with Crippen LogP contribution in [0.5, 0.6) is 5.75 Å².